The van der Waals surface area contributed by atoms with Gasteiger partial charge in [-0.05, 0) is 62.4 Å². The van der Waals surface area contributed by atoms with Gasteiger partial charge in [-0.25, -0.2) is 4.79 Å². The van der Waals surface area contributed by atoms with E-state index >= 15 is 0 Å². The number of aliphatic hydroxyl groups is 2. The summed E-state index contributed by atoms with van der Waals surface area (Å²) in [5, 5.41) is 23.9. The van der Waals surface area contributed by atoms with Gasteiger partial charge in [0.05, 0.1) is 5.41 Å². The summed E-state index contributed by atoms with van der Waals surface area (Å²) in [6, 6.07) is 0. The zero-order valence-electron chi connectivity index (χ0n) is 28.1. The Morgan fingerprint density at radius 2 is 1.43 bits per heavy atom. The molecule has 1 heterocycles. The third kappa shape index (κ3) is 4.18. The molecule has 4 saturated carbocycles. The van der Waals surface area contributed by atoms with Gasteiger partial charge in [0.1, 0.15) is 30.2 Å². The lowest BCUT2D eigenvalue weighted by atomic mass is 9.45. The van der Waals surface area contributed by atoms with E-state index in [9.17, 15) is 34.2 Å². The van der Waals surface area contributed by atoms with Crippen molar-refractivity contribution in [2.24, 2.45) is 70.0 Å². The summed E-state index contributed by atoms with van der Waals surface area (Å²) in [4.78, 5) is 65.6. The van der Waals surface area contributed by atoms with Crippen molar-refractivity contribution in [1.29, 1.82) is 0 Å². The van der Waals surface area contributed by atoms with E-state index in [1.165, 1.54) is 27.7 Å². The fraction of sp³-hybridized carbons (Fsp3) is 0.800. The van der Waals surface area contributed by atoms with Crippen LogP contribution >= 0.6 is 0 Å². The maximum atomic E-state index is 14.3. The number of rotatable bonds is 3. The van der Waals surface area contributed by atoms with Gasteiger partial charge in [-0.1, -0.05) is 27.7 Å². The Balaban J connectivity index is 1.59. The van der Waals surface area contributed by atoms with Gasteiger partial charge < -0.3 is 29.2 Å². The Bertz CT molecular complexity index is 1400. The Morgan fingerprint density at radius 1 is 0.848 bits per heavy atom. The predicted octanol–water partition coefficient (Wildman–Crippen LogP) is 2.99. The van der Waals surface area contributed by atoms with Crippen LogP contribution < -0.4 is 0 Å². The molecular weight excluding hydrogens is 596 g/mol. The first kappa shape index (κ1) is 33.1. The van der Waals surface area contributed by atoms with E-state index in [1.807, 2.05) is 33.8 Å². The van der Waals surface area contributed by atoms with Gasteiger partial charge in [0.2, 0.25) is 0 Å². The highest BCUT2D eigenvalue weighted by Crippen LogP contribution is 2.74. The summed E-state index contributed by atoms with van der Waals surface area (Å²) in [7, 11) is 0. The third-order valence-corrected chi connectivity index (χ3v) is 13.7. The van der Waals surface area contributed by atoms with Gasteiger partial charge in [-0.3, -0.25) is 19.2 Å². The van der Waals surface area contributed by atoms with E-state index in [4.69, 9.17) is 18.9 Å². The number of allylic oxidation sites excluding steroid dienone is 1. The molecule has 0 spiro atoms. The minimum absolute atomic E-state index is 0.0481. The highest BCUT2D eigenvalue weighted by molar-refractivity contribution is 5.87. The van der Waals surface area contributed by atoms with Crippen molar-refractivity contribution >= 4 is 29.7 Å². The summed E-state index contributed by atoms with van der Waals surface area (Å²) in [5.74, 6) is -6.77. The van der Waals surface area contributed by atoms with Crippen molar-refractivity contribution < 1.29 is 53.1 Å². The Labute approximate surface area is 269 Å². The minimum atomic E-state index is -1.98. The van der Waals surface area contributed by atoms with Gasteiger partial charge in [0.25, 0.3) is 0 Å². The molecule has 5 fully saturated rings. The largest absolute Gasteiger partial charge is 0.462 e. The maximum Gasteiger partial charge on any atom is 0.343 e. The second-order valence-corrected chi connectivity index (χ2v) is 15.8. The van der Waals surface area contributed by atoms with Crippen molar-refractivity contribution in [3.63, 3.8) is 0 Å². The van der Waals surface area contributed by atoms with Crippen molar-refractivity contribution in [2.45, 2.75) is 105 Å². The van der Waals surface area contributed by atoms with Crippen molar-refractivity contribution in [3.05, 3.63) is 11.8 Å². The highest BCUT2D eigenvalue weighted by Gasteiger charge is 2.79. The number of hydrogen-bond donors (Lipinski definition) is 2. The van der Waals surface area contributed by atoms with Crippen LogP contribution in [0, 0.1) is 70.0 Å². The van der Waals surface area contributed by atoms with Crippen LogP contribution in [0.2, 0.25) is 0 Å². The molecule has 46 heavy (non-hydrogen) atoms. The minimum Gasteiger partial charge on any atom is -0.462 e. The van der Waals surface area contributed by atoms with E-state index in [-0.39, 0.29) is 23.5 Å². The molecule has 6 aliphatic rings. The summed E-state index contributed by atoms with van der Waals surface area (Å²) in [5.41, 5.74) is -4.29. The number of ether oxygens (including phenoxy) is 4. The van der Waals surface area contributed by atoms with Crippen LogP contribution in [0.4, 0.5) is 0 Å². The van der Waals surface area contributed by atoms with Crippen molar-refractivity contribution in [1.82, 2.24) is 0 Å². The van der Waals surface area contributed by atoms with Gasteiger partial charge >= 0.3 is 23.9 Å². The zero-order valence-corrected chi connectivity index (χ0v) is 28.1. The number of Topliss-reactive ketones (excluding diaryl/α,β-unsaturated/α-hetero) is 1. The molecule has 11 nitrogen and oxygen atoms in total. The normalized spacial score (nSPS) is 52.1. The van der Waals surface area contributed by atoms with Gasteiger partial charge in [-0.2, -0.15) is 0 Å². The first-order valence-corrected chi connectivity index (χ1v) is 16.7. The molecule has 5 aliphatic carbocycles. The molecule has 14 unspecified atom stereocenters. The molecule has 254 valence electrons. The van der Waals surface area contributed by atoms with Crippen LogP contribution in [0.3, 0.4) is 0 Å². The SMILES string of the molecule is CC(=O)OC1C(C)C(C)CC2C(=O)C(O)C3C(CC(OC(C)=O)[C@@]4(C)C3C(OC(C)=O)C3C4C(C)C=C4OC(=O)[C@@](C)(O)[C@@]43C)C21. The molecule has 2 N–H and O–H groups in total. The summed E-state index contributed by atoms with van der Waals surface area (Å²) < 4.78 is 24.1. The lowest BCUT2D eigenvalue weighted by Crippen LogP contribution is -2.66. The van der Waals surface area contributed by atoms with Crippen LogP contribution in [0.25, 0.3) is 0 Å². The second-order valence-electron chi connectivity index (χ2n) is 15.8. The lowest BCUT2D eigenvalue weighted by Gasteiger charge is -2.61. The molecule has 0 aromatic carbocycles. The first-order valence-electron chi connectivity index (χ1n) is 16.7. The Kier molecular flexibility index (Phi) is 7.64. The molecule has 1 saturated heterocycles. The molecule has 0 radical (unpaired) electrons. The Hall–Kier alpha value is -2.79. The van der Waals surface area contributed by atoms with Gasteiger partial charge in [0.15, 0.2) is 11.4 Å². The monoisotopic (exact) mass is 644 g/mol. The average molecular weight is 645 g/mol. The van der Waals surface area contributed by atoms with E-state index < -0.39 is 106 Å². The number of esters is 4. The van der Waals surface area contributed by atoms with Crippen LogP contribution in [0.5, 0.6) is 0 Å². The van der Waals surface area contributed by atoms with Crippen LogP contribution in [-0.2, 0) is 42.9 Å². The first-order chi connectivity index (χ1) is 21.3. The molecular formula is C35H48O11. The number of ketones is 1. The third-order valence-electron chi connectivity index (χ3n) is 13.7. The smallest absolute Gasteiger partial charge is 0.343 e. The topological polar surface area (TPSA) is 163 Å². The van der Waals surface area contributed by atoms with E-state index in [1.54, 1.807) is 6.92 Å². The van der Waals surface area contributed by atoms with Crippen molar-refractivity contribution in [3.8, 4) is 0 Å². The average Bonchev–Trinajstić information content (AvgIpc) is 3.30. The number of aliphatic hydroxyl groups excluding tert-OH is 1. The van der Waals surface area contributed by atoms with E-state index in [0.717, 1.165) is 0 Å². The van der Waals surface area contributed by atoms with E-state index in [0.29, 0.717) is 18.6 Å². The molecule has 17 atom stereocenters. The van der Waals surface area contributed by atoms with Gasteiger partial charge in [0, 0.05) is 55.8 Å². The number of carbonyl (C=O) groups excluding carboxylic acids is 5. The fourth-order valence-electron chi connectivity index (χ4n) is 11.6. The molecule has 6 rings (SSSR count). The van der Waals surface area contributed by atoms with Crippen molar-refractivity contribution in [2.75, 3.05) is 0 Å². The Morgan fingerprint density at radius 3 is 2.02 bits per heavy atom. The van der Waals surface area contributed by atoms with Gasteiger partial charge in [-0.15, -0.1) is 0 Å². The summed E-state index contributed by atoms with van der Waals surface area (Å²) in [6.07, 6.45) is -1.10. The molecule has 0 bridgehead atoms. The second kappa shape index (κ2) is 10.6. The molecule has 1 aliphatic heterocycles. The molecule has 0 amide bonds. The van der Waals surface area contributed by atoms with E-state index in [2.05, 4.69) is 0 Å². The highest BCUT2D eigenvalue weighted by atomic mass is 16.6. The number of fused-ring (bicyclic) bond motifs is 9. The number of hydrogen-bond acceptors (Lipinski definition) is 11. The summed E-state index contributed by atoms with van der Waals surface area (Å²) in [6.45, 7) is 15.1. The quantitative estimate of drug-likeness (QED) is 0.343. The molecule has 0 aromatic heterocycles. The lowest BCUT2D eigenvalue weighted by molar-refractivity contribution is -0.222. The predicted molar refractivity (Wildman–Crippen MR) is 160 cm³/mol. The number of carbonyl (C=O) groups is 5. The van der Waals surface area contributed by atoms with Crippen LogP contribution in [0.15, 0.2) is 11.8 Å². The standard InChI is InChI=1S/C35H48O11/c1-13-10-20-23(30(15(13)3)44-17(5)37)19-12-21(43-16(4)36)33(7)25-14(2)11-22-34(8,35(9,42)32(41)46-22)27(25)31(45-18(6)38)26(33)24(19)29(40)28(20)39/h11,13-15,19-21,23-27,29-31,40,42H,10,12H2,1-9H3/t13?,14?,15?,19?,20?,21?,23?,24?,25?,26?,27?,29?,30?,31?,33-,34+,35-/m1/s1. The van der Waals surface area contributed by atoms with Crippen LogP contribution in [-0.4, -0.2) is 69.9 Å². The van der Waals surface area contributed by atoms with Crippen LogP contribution in [0.1, 0.15) is 75.2 Å². The maximum absolute atomic E-state index is 14.3. The summed E-state index contributed by atoms with van der Waals surface area (Å²) >= 11 is 0. The zero-order chi connectivity index (χ0) is 34.0. The molecule has 0 aromatic rings. The fourth-order valence-corrected chi connectivity index (χ4v) is 11.6. The molecule has 11 heteroatoms.